The van der Waals surface area contributed by atoms with Crippen LogP contribution in [0, 0.1) is 0 Å². The maximum atomic E-state index is 6.35. The van der Waals surface area contributed by atoms with E-state index in [1.54, 1.807) is 22.7 Å². The summed E-state index contributed by atoms with van der Waals surface area (Å²) in [4.78, 5) is 14.1. The molecule has 4 heterocycles. The van der Waals surface area contributed by atoms with Crippen LogP contribution in [0.15, 0.2) is 47.2 Å². The van der Waals surface area contributed by atoms with E-state index >= 15 is 0 Å². The second-order valence-electron chi connectivity index (χ2n) is 6.67. The molecule has 0 saturated carbocycles. The van der Waals surface area contributed by atoms with Crippen molar-refractivity contribution >= 4 is 44.5 Å². The summed E-state index contributed by atoms with van der Waals surface area (Å²) in [7, 11) is 0. The Bertz CT molecular complexity index is 1120. The molecule has 0 spiro atoms. The SMILES string of the molecule is Clc1ccccc1Oc1nc(CN2CCOCC2)nc2scc(-c3cccs3)c12. The Kier molecular flexibility index (Phi) is 5.48. The molecule has 8 heteroatoms. The number of rotatable bonds is 5. The summed E-state index contributed by atoms with van der Waals surface area (Å²) >= 11 is 9.66. The first kappa shape index (κ1) is 19.0. The third-order valence-electron chi connectivity index (χ3n) is 4.75. The molecule has 0 aliphatic carbocycles. The third kappa shape index (κ3) is 4.01. The summed E-state index contributed by atoms with van der Waals surface area (Å²) in [5.41, 5.74) is 1.10. The minimum absolute atomic E-state index is 0.552. The van der Waals surface area contributed by atoms with E-state index in [0.29, 0.717) is 23.2 Å². The first-order valence-corrected chi connectivity index (χ1v) is 11.5. The fraction of sp³-hybridized carbons (Fsp3) is 0.238. The normalized spacial score (nSPS) is 15.1. The molecule has 1 aromatic carbocycles. The molecule has 29 heavy (non-hydrogen) atoms. The number of benzene rings is 1. The maximum Gasteiger partial charge on any atom is 0.232 e. The summed E-state index contributed by atoms with van der Waals surface area (Å²) in [6, 6.07) is 11.6. The van der Waals surface area contributed by atoms with E-state index in [4.69, 9.17) is 31.0 Å². The van der Waals surface area contributed by atoms with Gasteiger partial charge in [-0.2, -0.15) is 4.98 Å². The molecule has 4 aromatic rings. The number of hydrogen-bond donors (Lipinski definition) is 0. The van der Waals surface area contributed by atoms with E-state index in [1.165, 1.54) is 4.88 Å². The predicted octanol–water partition coefficient (Wildman–Crippen LogP) is 5.70. The molecule has 1 aliphatic heterocycles. The van der Waals surface area contributed by atoms with Crippen molar-refractivity contribution in [3.8, 4) is 22.1 Å². The summed E-state index contributed by atoms with van der Waals surface area (Å²) in [6.45, 7) is 3.92. The van der Waals surface area contributed by atoms with Gasteiger partial charge in [0.05, 0.1) is 30.2 Å². The van der Waals surface area contributed by atoms with Crippen LogP contribution in [0.5, 0.6) is 11.6 Å². The Balaban J connectivity index is 1.59. The molecule has 1 aliphatic rings. The minimum atomic E-state index is 0.552. The van der Waals surface area contributed by atoms with Gasteiger partial charge in [-0.3, -0.25) is 4.90 Å². The molecule has 0 atom stereocenters. The zero-order valence-corrected chi connectivity index (χ0v) is 17.9. The number of aromatic nitrogens is 2. The third-order valence-corrected chi connectivity index (χ3v) is 6.83. The summed E-state index contributed by atoms with van der Waals surface area (Å²) in [5.74, 6) is 1.90. The van der Waals surface area contributed by atoms with E-state index in [0.717, 1.165) is 47.9 Å². The number of morpholine rings is 1. The standard InChI is InChI=1S/C21H18ClN3O2S2/c22-15-4-1-2-5-16(15)27-20-19-14(17-6-3-11-28-17)13-29-21(19)24-18(23-20)12-25-7-9-26-10-8-25/h1-6,11,13H,7-10,12H2. The number of fused-ring (bicyclic) bond motifs is 1. The average Bonchev–Trinajstić information content (AvgIpc) is 3.40. The molecule has 1 saturated heterocycles. The first-order valence-electron chi connectivity index (χ1n) is 9.32. The molecule has 5 nitrogen and oxygen atoms in total. The summed E-state index contributed by atoms with van der Waals surface area (Å²) in [5, 5.41) is 5.69. The lowest BCUT2D eigenvalue weighted by Crippen LogP contribution is -2.36. The van der Waals surface area contributed by atoms with Crippen LogP contribution < -0.4 is 4.74 Å². The quantitative estimate of drug-likeness (QED) is 0.396. The molecular weight excluding hydrogens is 426 g/mol. The topological polar surface area (TPSA) is 47.5 Å². The molecule has 0 N–H and O–H groups in total. The zero-order valence-electron chi connectivity index (χ0n) is 15.5. The van der Waals surface area contributed by atoms with Crippen molar-refractivity contribution in [2.45, 2.75) is 6.54 Å². The highest BCUT2D eigenvalue weighted by Gasteiger charge is 2.20. The van der Waals surface area contributed by atoms with Gasteiger partial charge >= 0.3 is 0 Å². The monoisotopic (exact) mass is 443 g/mol. The molecule has 3 aromatic heterocycles. The van der Waals surface area contributed by atoms with Crippen molar-refractivity contribution in [3.63, 3.8) is 0 Å². The highest BCUT2D eigenvalue weighted by molar-refractivity contribution is 7.18. The van der Waals surface area contributed by atoms with Crippen molar-refractivity contribution in [1.82, 2.24) is 14.9 Å². The van der Waals surface area contributed by atoms with E-state index in [2.05, 4.69) is 21.7 Å². The van der Waals surface area contributed by atoms with Gasteiger partial charge in [0.25, 0.3) is 0 Å². The average molecular weight is 444 g/mol. The van der Waals surface area contributed by atoms with Gasteiger partial charge in [-0.25, -0.2) is 4.98 Å². The molecular formula is C21H18ClN3O2S2. The van der Waals surface area contributed by atoms with Crippen molar-refractivity contribution in [1.29, 1.82) is 0 Å². The second kappa shape index (κ2) is 8.38. The van der Waals surface area contributed by atoms with Gasteiger partial charge in [0.1, 0.15) is 16.4 Å². The Hall–Kier alpha value is -2.03. The lowest BCUT2D eigenvalue weighted by atomic mass is 10.2. The van der Waals surface area contributed by atoms with Gasteiger partial charge in [-0.1, -0.05) is 29.8 Å². The van der Waals surface area contributed by atoms with E-state index in [1.807, 2.05) is 30.3 Å². The Morgan fingerprint density at radius 2 is 1.93 bits per heavy atom. The molecule has 0 bridgehead atoms. The van der Waals surface area contributed by atoms with E-state index in [-0.39, 0.29) is 0 Å². The van der Waals surface area contributed by atoms with Crippen molar-refractivity contribution in [2.75, 3.05) is 26.3 Å². The fourth-order valence-electron chi connectivity index (χ4n) is 3.30. The van der Waals surface area contributed by atoms with Crippen LogP contribution in [0.25, 0.3) is 20.7 Å². The van der Waals surface area contributed by atoms with Crippen molar-refractivity contribution in [2.24, 2.45) is 0 Å². The van der Waals surface area contributed by atoms with Crippen LogP contribution in [0.3, 0.4) is 0 Å². The Morgan fingerprint density at radius 3 is 2.72 bits per heavy atom. The predicted molar refractivity (Wildman–Crippen MR) is 118 cm³/mol. The molecule has 0 amide bonds. The largest absolute Gasteiger partial charge is 0.437 e. The molecule has 0 radical (unpaired) electrons. The smallest absolute Gasteiger partial charge is 0.232 e. The van der Waals surface area contributed by atoms with Crippen LogP contribution in [0.4, 0.5) is 0 Å². The number of thiophene rings is 2. The van der Waals surface area contributed by atoms with Gasteiger partial charge in [-0.15, -0.1) is 22.7 Å². The molecule has 1 fully saturated rings. The fourth-order valence-corrected chi connectivity index (χ4v) is 5.25. The van der Waals surface area contributed by atoms with Gasteiger partial charge in [0.2, 0.25) is 5.88 Å². The maximum absolute atomic E-state index is 6.35. The minimum Gasteiger partial charge on any atom is -0.437 e. The first-order chi connectivity index (χ1) is 14.3. The number of nitrogens with zero attached hydrogens (tertiary/aromatic N) is 3. The number of halogens is 1. The number of hydrogen-bond acceptors (Lipinski definition) is 7. The highest BCUT2D eigenvalue weighted by atomic mass is 35.5. The van der Waals surface area contributed by atoms with Crippen LogP contribution in [0.2, 0.25) is 5.02 Å². The van der Waals surface area contributed by atoms with Crippen LogP contribution in [0.1, 0.15) is 5.82 Å². The van der Waals surface area contributed by atoms with Crippen molar-refractivity contribution in [3.05, 3.63) is 58.0 Å². The number of para-hydroxylation sites is 1. The molecule has 5 rings (SSSR count). The summed E-state index contributed by atoms with van der Waals surface area (Å²) < 4.78 is 11.7. The van der Waals surface area contributed by atoms with E-state index < -0.39 is 0 Å². The van der Waals surface area contributed by atoms with Crippen LogP contribution in [-0.2, 0) is 11.3 Å². The number of ether oxygens (including phenoxy) is 2. The van der Waals surface area contributed by atoms with E-state index in [9.17, 15) is 0 Å². The second-order valence-corrected chi connectivity index (χ2v) is 8.89. The lowest BCUT2D eigenvalue weighted by molar-refractivity contribution is 0.0330. The van der Waals surface area contributed by atoms with Gasteiger partial charge in [-0.05, 0) is 23.6 Å². The van der Waals surface area contributed by atoms with Gasteiger partial charge in [0.15, 0.2) is 0 Å². The van der Waals surface area contributed by atoms with Gasteiger partial charge in [0, 0.05) is 28.9 Å². The Labute approximate surface area is 181 Å². The van der Waals surface area contributed by atoms with Gasteiger partial charge < -0.3 is 9.47 Å². The Morgan fingerprint density at radius 1 is 1.07 bits per heavy atom. The molecule has 0 unspecified atom stereocenters. The lowest BCUT2D eigenvalue weighted by Gasteiger charge is -2.25. The summed E-state index contributed by atoms with van der Waals surface area (Å²) in [6.07, 6.45) is 0. The zero-order chi connectivity index (χ0) is 19.6. The van der Waals surface area contributed by atoms with Crippen molar-refractivity contribution < 1.29 is 9.47 Å². The van der Waals surface area contributed by atoms with Crippen LogP contribution >= 0.6 is 34.3 Å². The highest BCUT2D eigenvalue weighted by Crippen LogP contribution is 2.42. The van der Waals surface area contributed by atoms with Crippen LogP contribution in [-0.4, -0.2) is 41.2 Å². The molecule has 148 valence electrons.